The van der Waals surface area contributed by atoms with Crippen LogP contribution >= 0.6 is 0 Å². The molecule has 18 rings (SSSR count). The molecule has 0 saturated carbocycles. The van der Waals surface area contributed by atoms with Crippen LogP contribution in [0.1, 0.15) is 0 Å². The van der Waals surface area contributed by atoms with Crippen LogP contribution in [0.15, 0.2) is 364 Å². The van der Waals surface area contributed by atoms with Crippen molar-refractivity contribution in [2.24, 2.45) is 0 Å². The van der Waals surface area contributed by atoms with Crippen molar-refractivity contribution >= 4 is 86.2 Å². The number of hydrogen-bond donors (Lipinski definition) is 0. The van der Waals surface area contributed by atoms with Crippen LogP contribution in [0.2, 0.25) is 0 Å². The molecule has 0 N–H and O–H groups in total. The van der Waals surface area contributed by atoms with E-state index in [1.54, 1.807) is 0 Å². The Morgan fingerprint density at radius 2 is 0.435 bits per heavy atom. The van der Waals surface area contributed by atoms with Crippen LogP contribution in [0, 0.1) is 0 Å². The fraction of sp³-hybridized carbons (Fsp3) is 0. The fourth-order valence-corrected chi connectivity index (χ4v) is 14.7. The largest absolute Gasteiger partial charge is 0.0622 e. The average Bonchev–Trinajstić information content (AvgIpc) is 0.729. The Morgan fingerprint density at radius 1 is 0.120 bits per heavy atom. The smallest absolute Gasteiger partial charge is 0.00199 e. The van der Waals surface area contributed by atoms with Crippen molar-refractivity contribution in [3.63, 3.8) is 0 Å². The molecule has 428 valence electrons. The minimum atomic E-state index is 1.20. The molecular formula is C92H60. The SMILES string of the molecule is c1ccc(-c2c3ccccc3c(-c3cc4ccc5ccccc5c4c4ccccc34)c3ccccc23)cc1.c1ccc(-c2ccc(-c3c4ccccc4c(-c4ccc(-c5ccccc5)cc4-c4ccccc4)c4cc5ccccc5cc34)c(-c3ccccc3)c2)cc1. The van der Waals surface area contributed by atoms with Crippen LogP contribution in [0.4, 0.5) is 0 Å². The van der Waals surface area contributed by atoms with Gasteiger partial charge in [0.05, 0.1) is 0 Å². The first-order chi connectivity index (χ1) is 45.7. The summed E-state index contributed by atoms with van der Waals surface area (Å²) in [6.45, 7) is 0. The molecule has 0 aliphatic carbocycles. The normalized spacial score (nSPS) is 11.5. The van der Waals surface area contributed by atoms with Crippen molar-refractivity contribution in [2.45, 2.75) is 0 Å². The summed E-state index contributed by atoms with van der Waals surface area (Å²) in [5, 5.41) is 20.4. The quantitative estimate of drug-likeness (QED) is 0.105. The monoisotopic (exact) mass is 1160 g/mol. The van der Waals surface area contributed by atoms with Gasteiger partial charge in [-0.05, 0) is 206 Å². The summed E-state index contributed by atoms with van der Waals surface area (Å²) in [6, 6.07) is 133. The third kappa shape index (κ3) is 9.48. The lowest BCUT2D eigenvalue weighted by atomic mass is 9.80. The van der Waals surface area contributed by atoms with Crippen molar-refractivity contribution in [3.8, 4) is 89.0 Å². The molecule has 0 heterocycles. The highest BCUT2D eigenvalue weighted by Crippen LogP contribution is 2.51. The third-order valence-corrected chi connectivity index (χ3v) is 18.9. The summed E-state index contributed by atoms with van der Waals surface area (Å²) >= 11 is 0. The van der Waals surface area contributed by atoms with Crippen molar-refractivity contribution in [3.05, 3.63) is 364 Å². The first kappa shape index (κ1) is 54.2. The lowest BCUT2D eigenvalue weighted by molar-refractivity contribution is 1.57. The minimum absolute atomic E-state index is 1.20. The van der Waals surface area contributed by atoms with Crippen molar-refractivity contribution in [1.29, 1.82) is 0 Å². The number of fused-ring (bicyclic) bond motifs is 10. The summed E-state index contributed by atoms with van der Waals surface area (Å²) in [4.78, 5) is 0. The Balaban J connectivity index is 0.000000149. The zero-order chi connectivity index (χ0) is 60.9. The summed E-state index contributed by atoms with van der Waals surface area (Å²) in [5.41, 5.74) is 19.8. The molecule has 0 aromatic heterocycles. The van der Waals surface area contributed by atoms with Crippen LogP contribution in [0.25, 0.3) is 175 Å². The van der Waals surface area contributed by atoms with Gasteiger partial charge in [-0.25, -0.2) is 0 Å². The Morgan fingerprint density at radius 3 is 0.870 bits per heavy atom. The zero-order valence-electron chi connectivity index (χ0n) is 50.6. The second-order valence-corrected chi connectivity index (χ2v) is 24.1. The van der Waals surface area contributed by atoms with Crippen LogP contribution < -0.4 is 0 Å². The number of benzene rings is 18. The molecular weight excluding hydrogens is 1110 g/mol. The van der Waals surface area contributed by atoms with E-state index in [0.29, 0.717) is 0 Å². The Labute approximate surface area is 535 Å². The maximum Gasteiger partial charge on any atom is -0.00199 e. The maximum atomic E-state index is 2.43. The highest BCUT2D eigenvalue weighted by molar-refractivity contribution is 6.29. The van der Waals surface area contributed by atoms with Crippen molar-refractivity contribution < 1.29 is 0 Å². The molecule has 0 heteroatoms. The van der Waals surface area contributed by atoms with Gasteiger partial charge >= 0.3 is 0 Å². The third-order valence-electron chi connectivity index (χ3n) is 18.9. The summed E-state index contributed by atoms with van der Waals surface area (Å²) in [7, 11) is 0. The molecule has 0 aliphatic heterocycles. The summed E-state index contributed by atoms with van der Waals surface area (Å²) in [6.07, 6.45) is 0. The van der Waals surface area contributed by atoms with E-state index in [1.807, 2.05) is 0 Å². The zero-order valence-corrected chi connectivity index (χ0v) is 50.6. The van der Waals surface area contributed by atoms with E-state index in [-0.39, 0.29) is 0 Å². The summed E-state index contributed by atoms with van der Waals surface area (Å²) in [5.74, 6) is 0. The second-order valence-electron chi connectivity index (χ2n) is 24.1. The van der Waals surface area contributed by atoms with E-state index >= 15 is 0 Å². The van der Waals surface area contributed by atoms with Gasteiger partial charge in [-0.1, -0.05) is 334 Å². The molecule has 0 amide bonds. The van der Waals surface area contributed by atoms with Gasteiger partial charge in [0.25, 0.3) is 0 Å². The van der Waals surface area contributed by atoms with E-state index in [4.69, 9.17) is 0 Å². The van der Waals surface area contributed by atoms with Gasteiger partial charge in [0, 0.05) is 0 Å². The predicted octanol–water partition coefficient (Wildman–Crippen LogP) is 25.9. The van der Waals surface area contributed by atoms with Gasteiger partial charge in [-0.3, -0.25) is 0 Å². The standard InChI is InChI=1S/C54H36.C38H24/c1-5-17-37(18-6-1)43-29-31-47(49(33-43)39-21-9-3-10-22-39)53-45-27-15-16-28-46(45)54(52-36-42-26-14-13-25-41(42)35-51(52)53)48-32-30-44(38-19-7-2-8-20-38)34-50(48)40-23-11-4-12-24-40;1-2-13-26(14-3-1)36-31-18-8-10-20-33(31)38(34-21-11-9-19-32(34)36)35-24-27-23-22-25-12-4-5-15-28(25)37(27)30-17-7-6-16-29(30)35/h1-36H;1-24H. The number of hydrogen-bond acceptors (Lipinski definition) is 0. The maximum absolute atomic E-state index is 2.43. The molecule has 0 saturated heterocycles. The van der Waals surface area contributed by atoms with E-state index in [2.05, 4.69) is 364 Å². The van der Waals surface area contributed by atoms with Crippen molar-refractivity contribution in [2.75, 3.05) is 0 Å². The Hall–Kier alpha value is -12.0. The first-order valence-corrected chi connectivity index (χ1v) is 31.9. The molecule has 0 nitrogen and oxygen atoms in total. The highest BCUT2D eigenvalue weighted by atomic mass is 14.3. The molecule has 18 aromatic carbocycles. The van der Waals surface area contributed by atoms with Gasteiger partial charge in [0.1, 0.15) is 0 Å². The fourth-order valence-electron chi connectivity index (χ4n) is 14.7. The lowest BCUT2D eigenvalue weighted by Crippen LogP contribution is -1.95. The van der Waals surface area contributed by atoms with E-state index in [1.165, 1.54) is 175 Å². The molecule has 18 aromatic rings. The molecule has 0 spiro atoms. The Bertz CT molecular complexity index is 5570. The molecule has 0 bridgehead atoms. The summed E-state index contributed by atoms with van der Waals surface area (Å²) < 4.78 is 0. The van der Waals surface area contributed by atoms with E-state index in [0.717, 1.165) is 0 Å². The minimum Gasteiger partial charge on any atom is -0.0622 e. The van der Waals surface area contributed by atoms with Gasteiger partial charge in [-0.15, -0.1) is 0 Å². The van der Waals surface area contributed by atoms with Gasteiger partial charge in [0.15, 0.2) is 0 Å². The molecule has 0 atom stereocenters. The van der Waals surface area contributed by atoms with Crippen LogP contribution in [-0.4, -0.2) is 0 Å². The van der Waals surface area contributed by atoms with Gasteiger partial charge in [-0.2, -0.15) is 0 Å². The molecule has 0 fully saturated rings. The van der Waals surface area contributed by atoms with Crippen molar-refractivity contribution in [1.82, 2.24) is 0 Å². The van der Waals surface area contributed by atoms with Crippen LogP contribution in [0.3, 0.4) is 0 Å². The molecule has 0 unspecified atom stereocenters. The van der Waals surface area contributed by atoms with Crippen LogP contribution in [0.5, 0.6) is 0 Å². The average molecular weight is 1170 g/mol. The second kappa shape index (κ2) is 23.2. The lowest BCUT2D eigenvalue weighted by Gasteiger charge is -2.22. The predicted molar refractivity (Wildman–Crippen MR) is 396 cm³/mol. The highest BCUT2D eigenvalue weighted by Gasteiger charge is 2.24. The van der Waals surface area contributed by atoms with E-state index < -0.39 is 0 Å². The van der Waals surface area contributed by atoms with E-state index in [9.17, 15) is 0 Å². The molecule has 0 radical (unpaired) electrons. The Kier molecular flexibility index (Phi) is 13.7. The number of rotatable bonds is 8. The molecule has 0 aliphatic rings. The van der Waals surface area contributed by atoms with Crippen LogP contribution in [-0.2, 0) is 0 Å². The van der Waals surface area contributed by atoms with Gasteiger partial charge in [0.2, 0.25) is 0 Å². The van der Waals surface area contributed by atoms with Gasteiger partial charge < -0.3 is 0 Å². The topological polar surface area (TPSA) is 0 Å². The molecule has 92 heavy (non-hydrogen) atoms. The first-order valence-electron chi connectivity index (χ1n) is 31.9.